The topological polar surface area (TPSA) is 94.8 Å². The lowest BCUT2D eigenvalue weighted by Crippen LogP contribution is -2.59. The highest BCUT2D eigenvalue weighted by molar-refractivity contribution is 5.81. The SMILES string of the molecule is NC(=O)[C@]12CC3CC(C1)[C@@H](OC(=O)N1CC[C@@H](Oc4ccc(C(F)(F)F)cn4)C1)C(C3)C2. The van der Waals surface area contributed by atoms with Crippen LogP contribution in [0, 0.1) is 23.2 Å². The monoisotopic (exact) mass is 453 g/mol. The van der Waals surface area contributed by atoms with Gasteiger partial charge in [-0.2, -0.15) is 13.2 Å². The molecular formula is C22H26F3N3O4. The quantitative estimate of drug-likeness (QED) is 0.754. The van der Waals surface area contributed by atoms with Crippen LogP contribution < -0.4 is 10.5 Å². The number of rotatable bonds is 4. The maximum atomic E-state index is 12.8. The van der Waals surface area contributed by atoms with Crippen LogP contribution in [0.15, 0.2) is 18.3 Å². The van der Waals surface area contributed by atoms with Gasteiger partial charge in [-0.15, -0.1) is 0 Å². The molecule has 4 aliphatic carbocycles. The summed E-state index contributed by atoms with van der Waals surface area (Å²) in [7, 11) is 0. The number of alkyl halides is 3. The number of likely N-dealkylation sites (tertiary alicyclic amines) is 1. The smallest absolute Gasteiger partial charge is 0.417 e. The van der Waals surface area contributed by atoms with Gasteiger partial charge in [0.05, 0.1) is 17.5 Å². The van der Waals surface area contributed by atoms with Gasteiger partial charge in [-0.25, -0.2) is 9.78 Å². The first-order valence-electron chi connectivity index (χ1n) is 11.1. The van der Waals surface area contributed by atoms with Crippen LogP contribution in [-0.2, 0) is 15.7 Å². The fourth-order valence-electron chi connectivity index (χ4n) is 6.44. The fraction of sp³-hybridized carbons (Fsp3) is 0.682. The van der Waals surface area contributed by atoms with Gasteiger partial charge in [-0.05, 0) is 55.9 Å². The van der Waals surface area contributed by atoms with Crippen LogP contribution in [0.4, 0.5) is 18.0 Å². The molecule has 2 amide bonds. The van der Waals surface area contributed by atoms with E-state index in [4.69, 9.17) is 15.2 Å². The normalized spacial score (nSPS) is 35.7. The number of hydrogen-bond acceptors (Lipinski definition) is 5. The molecule has 1 saturated heterocycles. The summed E-state index contributed by atoms with van der Waals surface area (Å²) in [5.74, 6) is 0.692. The lowest BCUT2D eigenvalue weighted by atomic mass is 9.48. The van der Waals surface area contributed by atoms with E-state index in [-0.39, 0.29) is 42.4 Å². The van der Waals surface area contributed by atoms with E-state index < -0.39 is 23.2 Å². The number of nitrogens with two attached hydrogens (primary N) is 1. The van der Waals surface area contributed by atoms with E-state index in [1.165, 1.54) is 6.07 Å². The van der Waals surface area contributed by atoms with Gasteiger partial charge >= 0.3 is 12.3 Å². The Kier molecular flexibility index (Phi) is 5.01. The first kappa shape index (κ1) is 21.3. The van der Waals surface area contributed by atoms with Gasteiger partial charge in [-0.1, -0.05) is 0 Å². The Morgan fingerprint density at radius 1 is 1.16 bits per heavy atom. The van der Waals surface area contributed by atoms with Gasteiger partial charge in [0.1, 0.15) is 12.2 Å². The Morgan fingerprint density at radius 3 is 2.47 bits per heavy atom. The maximum Gasteiger partial charge on any atom is 0.417 e. The predicted molar refractivity (Wildman–Crippen MR) is 105 cm³/mol. The number of halogens is 3. The minimum Gasteiger partial charge on any atom is -0.472 e. The van der Waals surface area contributed by atoms with Crippen molar-refractivity contribution in [2.45, 2.75) is 56.9 Å². The molecule has 4 bridgehead atoms. The van der Waals surface area contributed by atoms with Gasteiger partial charge in [0.2, 0.25) is 11.8 Å². The highest BCUT2D eigenvalue weighted by Crippen LogP contribution is 2.60. The van der Waals surface area contributed by atoms with Crippen LogP contribution >= 0.6 is 0 Å². The second kappa shape index (κ2) is 7.52. The lowest BCUT2D eigenvalue weighted by Gasteiger charge is -2.58. The molecule has 174 valence electrons. The van der Waals surface area contributed by atoms with Crippen LogP contribution in [0.1, 0.15) is 44.1 Å². The van der Waals surface area contributed by atoms with Crippen molar-refractivity contribution in [3.63, 3.8) is 0 Å². The van der Waals surface area contributed by atoms with E-state index in [0.29, 0.717) is 31.7 Å². The fourth-order valence-corrected chi connectivity index (χ4v) is 6.44. The van der Waals surface area contributed by atoms with Crippen LogP contribution in [-0.4, -0.2) is 47.2 Å². The molecule has 2 unspecified atom stereocenters. The molecule has 6 rings (SSSR count). The number of aromatic nitrogens is 1. The second-order valence-electron chi connectivity index (χ2n) is 9.82. The summed E-state index contributed by atoms with van der Waals surface area (Å²) >= 11 is 0. The number of nitrogens with zero attached hydrogens (tertiary/aromatic N) is 2. The molecule has 1 aromatic rings. The second-order valence-corrected chi connectivity index (χ2v) is 9.82. The Bertz CT molecular complexity index is 891. The van der Waals surface area contributed by atoms with E-state index in [0.717, 1.165) is 31.5 Å². The van der Waals surface area contributed by atoms with Crippen molar-refractivity contribution >= 4 is 12.0 Å². The van der Waals surface area contributed by atoms with Crippen molar-refractivity contribution in [2.24, 2.45) is 28.9 Å². The molecule has 4 saturated carbocycles. The van der Waals surface area contributed by atoms with E-state index in [2.05, 4.69) is 4.98 Å². The molecule has 7 nitrogen and oxygen atoms in total. The van der Waals surface area contributed by atoms with Crippen molar-refractivity contribution in [2.75, 3.05) is 13.1 Å². The van der Waals surface area contributed by atoms with Crippen LogP contribution in [0.3, 0.4) is 0 Å². The van der Waals surface area contributed by atoms with Gasteiger partial charge in [-0.3, -0.25) is 4.79 Å². The highest BCUT2D eigenvalue weighted by Gasteiger charge is 2.59. The average Bonchev–Trinajstić information content (AvgIpc) is 3.18. The molecular weight excluding hydrogens is 427 g/mol. The first-order chi connectivity index (χ1) is 15.1. The molecule has 1 aromatic heterocycles. The number of pyridine rings is 1. The van der Waals surface area contributed by atoms with Crippen LogP contribution in [0.25, 0.3) is 0 Å². The van der Waals surface area contributed by atoms with Crippen molar-refractivity contribution in [3.05, 3.63) is 23.9 Å². The zero-order chi connectivity index (χ0) is 22.7. The van der Waals surface area contributed by atoms with Gasteiger partial charge in [0.15, 0.2) is 0 Å². The molecule has 5 fully saturated rings. The number of primary amides is 1. The summed E-state index contributed by atoms with van der Waals surface area (Å²) in [6.07, 6.45) is 0.0617. The summed E-state index contributed by atoms with van der Waals surface area (Å²) < 4.78 is 49.6. The third kappa shape index (κ3) is 3.77. The molecule has 10 heteroatoms. The Balaban J connectivity index is 1.16. The largest absolute Gasteiger partial charge is 0.472 e. The highest BCUT2D eigenvalue weighted by atomic mass is 19.4. The van der Waals surface area contributed by atoms with Crippen LogP contribution in [0.2, 0.25) is 0 Å². The van der Waals surface area contributed by atoms with Gasteiger partial charge < -0.3 is 20.1 Å². The maximum absolute atomic E-state index is 12.8. The number of amides is 2. The van der Waals surface area contributed by atoms with E-state index in [9.17, 15) is 22.8 Å². The number of ether oxygens (including phenoxy) is 2. The summed E-state index contributed by atoms with van der Waals surface area (Å²) in [6, 6.07) is 2.11. The van der Waals surface area contributed by atoms with Gasteiger partial charge in [0.25, 0.3) is 0 Å². The van der Waals surface area contributed by atoms with Crippen molar-refractivity contribution in [1.29, 1.82) is 0 Å². The summed E-state index contributed by atoms with van der Waals surface area (Å²) in [4.78, 5) is 30.2. The van der Waals surface area contributed by atoms with Crippen molar-refractivity contribution in [3.8, 4) is 5.88 Å². The van der Waals surface area contributed by atoms with E-state index >= 15 is 0 Å². The molecule has 0 spiro atoms. The Morgan fingerprint density at radius 2 is 1.88 bits per heavy atom. The molecule has 32 heavy (non-hydrogen) atoms. The minimum absolute atomic E-state index is 0.0935. The third-order valence-corrected chi connectivity index (χ3v) is 7.70. The van der Waals surface area contributed by atoms with Gasteiger partial charge in [0, 0.05) is 25.2 Å². The Labute approximate surface area is 183 Å². The third-order valence-electron chi connectivity index (χ3n) is 7.70. The zero-order valence-corrected chi connectivity index (χ0v) is 17.5. The lowest BCUT2D eigenvalue weighted by molar-refractivity contribution is -0.161. The molecule has 1 aliphatic heterocycles. The number of carbonyl (C=O) groups is 2. The summed E-state index contributed by atoms with van der Waals surface area (Å²) in [5.41, 5.74) is 4.45. The molecule has 3 atom stereocenters. The molecule has 2 heterocycles. The predicted octanol–water partition coefficient (Wildman–Crippen LogP) is 3.37. The van der Waals surface area contributed by atoms with Crippen molar-refractivity contribution in [1.82, 2.24) is 9.88 Å². The summed E-state index contributed by atoms with van der Waals surface area (Å²) in [5, 5.41) is 0. The zero-order valence-electron chi connectivity index (χ0n) is 17.5. The van der Waals surface area contributed by atoms with E-state index in [1.807, 2.05) is 0 Å². The molecule has 0 radical (unpaired) electrons. The van der Waals surface area contributed by atoms with Crippen molar-refractivity contribution < 1.29 is 32.2 Å². The number of carbonyl (C=O) groups excluding carboxylic acids is 2. The first-order valence-corrected chi connectivity index (χ1v) is 11.1. The van der Waals surface area contributed by atoms with Crippen LogP contribution in [0.5, 0.6) is 5.88 Å². The van der Waals surface area contributed by atoms with E-state index in [1.54, 1.807) is 4.90 Å². The number of hydrogen-bond donors (Lipinski definition) is 1. The standard InChI is InChI=1S/C22H26F3N3O4/c23-22(24,25)15-1-2-17(27-10-15)31-16-3-4-28(11-16)20(30)32-18-13-5-12-6-14(18)9-21(7-12,8-13)19(26)29/h1-2,10,12-14,16,18H,3-9,11H2,(H2,26,29)/t12?,13?,14?,16-,18-,21-/m1/s1. The minimum atomic E-state index is -4.45. The molecule has 2 N–H and O–H groups in total. The summed E-state index contributed by atoms with van der Waals surface area (Å²) in [6.45, 7) is 0.734. The molecule has 5 aliphatic rings. The molecule has 0 aromatic carbocycles. The average molecular weight is 453 g/mol. The Hall–Kier alpha value is -2.52.